The molecular weight excluding hydrogens is 288 g/mol. The van der Waals surface area contributed by atoms with Gasteiger partial charge in [0, 0.05) is 0 Å². The Morgan fingerprint density at radius 3 is 2.78 bits per heavy atom. The van der Waals surface area contributed by atoms with Gasteiger partial charge in [0.1, 0.15) is 0 Å². The second-order valence-corrected chi connectivity index (χ2v) is 6.65. The van der Waals surface area contributed by atoms with Gasteiger partial charge in [0.2, 0.25) is 6.79 Å². The van der Waals surface area contributed by atoms with Gasteiger partial charge in [-0.05, 0) is 69.6 Å². The number of fused-ring (bicyclic) bond motifs is 1. The minimum Gasteiger partial charge on any atom is -0.454 e. The molecule has 1 aliphatic rings. The molecule has 2 rings (SSSR count). The maximum Gasteiger partial charge on any atom is 0.231 e. The lowest BCUT2D eigenvalue weighted by atomic mass is 9.93. The molecule has 0 saturated carbocycles. The van der Waals surface area contributed by atoms with E-state index in [1.807, 2.05) is 19.9 Å². The smallest absolute Gasteiger partial charge is 0.231 e. The van der Waals surface area contributed by atoms with Crippen LogP contribution < -0.4 is 9.47 Å². The molecule has 0 aliphatic carbocycles. The van der Waals surface area contributed by atoms with Crippen LogP contribution in [0.1, 0.15) is 64.9 Å². The molecule has 0 aromatic heterocycles. The summed E-state index contributed by atoms with van der Waals surface area (Å²) in [4.78, 5) is 0. The highest BCUT2D eigenvalue weighted by atomic mass is 16.7. The highest BCUT2D eigenvalue weighted by molar-refractivity contribution is 5.44. The van der Waals surface area contributed by atoms with E-state index in [1.54, 1.807) is 0 Å². The summed E-state index contributed by atoms with van der Waals surface area (Å²) in [6.45, 7) is 6.52. The number of hydrogen-bond donors (Lipinski definition) is 1. The summed E-state index contributed by atoms with van der Waals surface area (Å²) in [6, 6.07) is 6.20. The molecule has 3 heteroatoms. The van der Waals surface area contributed by atoms with E-state index in [0.717, 1.165) is 56.4 Å². The monoisotopic (exact) mass is 318 g/mol. The Morgan fingerprint density at radius 2 is 2.04 bits per heavy atom. The van der Waals surface area contributed by atoms with Crippen molar-refractivity contribution in [3.63, 3.8) is 0 Å². The average molecular weight is 318 g/mol. The van der Waals surface area contributed by atoms with Crippen LogP contribution in [0.25, 0.3) is 0 Å². The Bertz CT molecular complexity index is 532. The normalized spacial score (nSPS) is 16.4. The highest BCUT2D eigenvalue weighted by Crippen LogP contribution is 2.32. The largest absolute Gasteiger partial charge is 0.454 e. The van der Waals surface area contributed by atoms with Gasteiger partial charge >= 0.3 is 0 Å². The zero-order chi connectivity index (χ0) is 16.7. The second-order valence-electron chi connectivity index (χ2n) is 6.65. The SMILES string of the molecule is CCC(=CCCc1ccc2c(c1)OCO2)CCCC(C)(O)CC. The molecule has 1 heterocycles. The molecule has 1 N–H and O–H groups in total. The van der Waals surface area contributed by atoms with E-state index in [-0.39, 0.29) is 0 Å². The van der Waals surface area contributed by atoms with E-state index in [9.17, 15) is 5.11 Å². The van der Waals surface area contributed by atoms with Crippen LogP contribution in [-0.4, -0.2) is 17.5 Å². The molecule has 0 amide bonds. The van der Waals surface area contributed by atoms with E-state index < -0.39 is 5.60 Å². The molecule has 0 bridgehead atoms. The van der Waals surface area contributed by atoms with Crippen molar-refractivity contribution in [2.24, 2.45) is 0 Å². The Balaban J connectivity index is 1.78. The summed E-state index contributed by atoms with van der Waals surface area (Å²) in [5.41, 5.74) is 2.28. The summed E-state index contributed by atoms with van der Waals surface area (Å²) in [6.07, 6.45) is 9.38. The van der Waals surface area contributed by atoms with E-state index in [2.05, 4.69) is 25.1 Å². The average Bonchev–Trinajstić information content (AvgIpc) is 3.01. The summed E-state index contributed by atoms with van der Waals surface area (Å²) < 4.78 is 10.8. The van der Waals surface area contributed by atoms with Gasteiger partial charge in [-0.25, -0.2) is 0 Å². The molecule has 128 valence electrons. The summed E-state index contributed by atoms with van der Waals surface area (Å²) in [5.74, 6) is 1.71. The van der Waals surface area contributed by atoms with Crippen molar-refractivity contribution >= 4 is 0 Å². The van der Waals surface area contributed by atoms with E-state index in [1.165, 1.54) is 11.1 Å². The number of hydrogen-bond acceptors (Lipinski definition) is 3. The first-order valence-corrected chi connectivity index (χ1v) is 8.83. The quantitative estimate of drug-likeness (QED) is 0.650. The first kappa shape index (κ1) is 17.9. The number of aryl methyl sites for hydroxylation is 1. The third-order valence-corrected chi connectivity index (χ3v) is 4.73. The highest BCUT2D eigenvalue weighted by Gasteiger charge is 2.16. The lowest BCUT2D eigenvalue weighted by Crippen LogP contribution is -2.22. The zero-order valence-corrected chi connectivity index (χ0v) is 14.7. The molecule has 1 atom stereocenters. The second kappa shape index (κ2) is 8.39. The fourth-order valence-corrected chi connectivity index (χ4v) is 2.84. The molecule has 0 spiro atoms. The minimum absolute atomic E-state index is 0.334. The Hall–Kier alpha value is -1.48. The Morgan fingerprint density at radius 1 is 1.26 bits per heavy atom. The van der Waals surface area contributed by atoms with Gasteiger partial charge in [-0.2, -0.15) is 0 Å². The number of benzene rings is 1. The van der Waals surface area contributed by atoms with Crippen LogP contribution in [-0.2, 0) is 6.42 Å². The molecule has 1 unspecified atom stereocenters. The van der Waals surface area contributed by atoms with Crippen LogP contribution >= 0.6 is 0 Å². The van der Waals surface area contributed by atoms with Crippen molar-refractivity contribution < 1.29 is 14.6 Å². The van der Waals surface area contributed by atoms with Crippen LogP contribution in [0.2, 0.25) is 0 Å². The van der Waals surface area contributed by atoms with Crippen molar-refractivity contribution in [1.82, 2.24) is 0 Å². The van der Waals surface area contributed by atoms with Gasteiger partial charge in [0.15, 0.2) is 11.5 Å². The van der Waals surface area contributed by atoms with Gasteiger partial charge in [0.05, 0.1) is 5.60 Å². The summed E-state index contributed by atoms with van der Waals surface area (Å²) >= 11 is 0. The number of rotatable bonds is 9. The molecule has 1 aromatic carbocycles. The standard InChI is InChI=1S/C20H30O3/c1-4-16(10-7-13-20(3,21)5-2)8-6-9-17-11-12-18-19(14-17)23-15-22-18/h8,11-12,14,21H,4-7,9-10,13,15H2,1-3H3. The van der Waals surface area contributed by atoms with Gasteiger partial charge in [-0.15, -0.1) is 0 Å². The zero-order valence-electron chi connectivity index (χ0n) is 14.7. The Kier molecular flexibility index (Phi) is 6.52. The van der Waals surface area contributed by atoms with Crippen LogP contribution in [0, 0.1) is 0 Å². The van der Waals surface area contributed by atoms with Crippen molar-refractivity contribution in [2.45, 2.75) is 71.3 Å². The van der Waals surface area contributed by atoms with E-state index >= 15 is 0 Å². The molecular formula is C20H30O3. The molecule has 1 aliphatic heterocycles. The lowest BCUT2D eigenvalue weighted by Gasteiger charge is -2.21. The minimum atomic E-state index is -0.509. The fraction of sp³-hybridized carbons (Fsp3) is 0.600. The summed E-state index contributed by atoms with van der Waals surface area (Å²) in [7, 11) is 0. The van der Waals surface area contributed by atoms with Crippen molar-refractivity contribution in [2.75, 3.05) is 6.79 Å². The third-order valence-electron chi connectivity index (χ3n) is 4.73. The topological polar surface area (TPSA) is 38.7 Å². The van der Waals surface area contributed by atoms with Crippen LogP contribution in [0.4, 0.5) is 0 Å². The third kappa shape index (κ3) is 5.58. The number of aliphatic hydroxyl groups is 1. The molecule has 0 radical (unpaired) electrons. The molecule has 3 nitrogen and oxygen atoms in total. The fourth-order valence-electron chi connectivity index (χ4n) is 2.84. The predicted molar refractivity (Wildman–Crippen MR) is 94.0 cm³/mol. The first-order valence-electron chi connectivity index (χ1n) is 8.83. The lowest BCUT2D eigenvalue weighted by molar-refractivity contribution is 0.0450. The van der Waals surface area contributed by atoms with Gasteiger partial charge in [-0.1, -0.05) is 31.6 Å². The molecule has 0 saturated heterocycles. The van der Waals surface area contributed by atoms with Gasteiger partial charge in [0.25, 0.3) is 0 Å². The number of allylic oxidation sites excluding steroid dienone is 2. The predicted octanol–water partition coefficient (Wildman–Crippen LogP) is 5.02. The molecule has 0 fully saturated rings. The van der Waals surface area contributed by atoms with E-state index in [0.29, 0.717) is 6.79 Å². The van der Waals surface area contributed by atoms with Crippen molar-refractivity contribution in [3.8, 4) is 11.5 Å². The van der Waals surface area contributed by atoms with Gasteiger partial charge < -0.3 is 14.6 Å². The number of ether oxygens (including phenoxy) is 2. The van der Waals surface area contributed by atoms with E-state index in [4.69, 9.17) is 9.47 Å². The van der Waals surface area contributed by atoms with Crippen molar-refractivity contribution in [3.05, 3.63) is 35.4 Å². The maximum absolute atomic E-state index is 10.1. The van der Waals surface area contributed by atoms with Gasteiger partial charge in [-0.3, -0.25) is 0 Å². The van der Waals surface area contributed by atoms with Crippen LogP contribution in [0.15, 0.2) is 29.8 Å². The molecule has 1 aromatic rings. The summed E-state index contributed by atoms with van der Waals surface area (Å²) in [5, 5.41) is 10.1. The van der Waals surface area contributed by atoms with Crippen LogP contribution in [0.5, 0.6) is 11.5 Å². The van der Waals surface area contributed by atoms with Crippen molar-refractivity contribution in [1.29, 1.82) is 0 Å². The first-order chi connectivity index (χ1) is 11.0. The Labute approximate surface area is 140 Å². The molecule has 23 heavy (non-hydrogen) atoms. The van der Waals surface area contributed by atoms with Crippen LogP contribution in [0.3, 0.4) is 0 Å². The maximum atomic E-state index is 10.1.